The predicted octanol–water partition coefficient (Wildman–Crippen LogP) is 2.37. The van der Waals surface area contributed by atoms with Crippen LogP contribution in [0.4, 0.5) is 0 Å². The molecular weight excluding hydrogens is 344 g/mol. The van der Waals surface area contributed by atoms with Gasteiger partial charge in [-0.2, -0.15) is 0 Å². The SMILES string of the molecule is Cl.NC1CCC2CN(C(=O)Cc3csc(-c4cccnc4)n3)CC12. The molecule has 5 nitrogen and oxygen atoms in total. The first-order chi connectivity index (χ1) is 11.2. The van der Waals surface area contributed by atoms with Crippen LogP contribution in [-0.2, 0) is 11.2 Å². The molecule has 24 heavy (non-hydrogen) atoms. The maximum Gasteiger partial charge on any atom is 0.228 e. The second kappa shape index (κ2) is 7.17. The van der Waals surface area contributed by atoms with Crippen LogP contribution < -0.4 is 5.73 Å². The van der Waals surface area contributed by atoms with Crippen LogP contribution in [0.2, 0.25) is 0 Å². The fourth-order valence-electron chi connectivity index (χ4n) is 3.79. The Morgan fingerprint density at radius 1 is 1.38 bits per heavy atom. The van der Waals surface area contributed by atoms with E-state index in [1.54, 1.807) is 23.7 Å². The summed E-state index contributed by atoms with van der Waals surface area (Å²) in [4.78, 5) is 23.2. The summed E-state index contributed by atoms with van der Waals surface area (Å²) in [5.41, 5.74) is 7.99. The highest BCUT2D eigenvalue weighted by molar-refractivity contribution is 7.13. The molecule has 3 heterocycles. The smallest absolute Gasteiger partial charge is 0.228 e. The number of halogens is 1. The molecule has 1 aliphatic heterocycles. The number of amides is 1. The van der Waals surface area contributed by atoms with Crippen molar-refractivity contribution < 1.29 is 4.79 Å². The molecule has 2 aromatic heterocycles. The minimum absolute atomic E-state index is 0. The van der Waals surface area contributed by atoms with Crippen molar-refractivity contribution in [1.82, 2.24) is 14.9 Å². The Kier molecular flexibility index (Phi) is 5.18. The molecule has 3 atom stereocenters. The van der Waals surface area contributed by atoms with Crippen LogP contribution >= 0.6 is 23.7 Å². The van der Waals surface area contributed by atoms with Crippen molar-refractivity contribution in [3.8, 4) is 10.6 Å². The lowest BCUT2D eigenvalue weighted by Crippen LogP contribution is -2.34. The minimum atomic E-state index is 0. The van der Waals surface area contributed by atoms with Gasteiger partial charge in [-0.15, -0.1) is 23.7 Å². The molecule has 0 radical (unpaired) electrons. The number of thiazole rings is 1. The summed E-state index contributed by atoms with van der Waals surface area (Å²) in [6.07, 6.45) is 6.20. The molecule has 2 N–H and O–H groups in total. The van der Waals surface area contributed by atoms with Crippen LogP contribution in [-0.4, -0.2) is 39.9 Å². The van der Waals surface area contributed by atoms with Crippen LogP contribution in [0.3, 0.4) is 0 Å². The van der Waals surface area contributed by atoms with Gasteiger partial charge in [0, 0.05) is 42.5 Å². The van der Waals surface area contributed by atoms with Gasteiger partial charge in [-0.1, -0.05) is 0 Å². The fraction of sp³-hybridized carbons (Fsp3) is 0.471. The first-order valence-electron chi connectivity index (χ1n) is 8.09. The molecule has 1 saturated heterocycles. The molecule has 0 spiro atoms. The van der Waals surface area contributed by atoms with Crippen molar-refractivity contribution in [2.45, 2.75) is 25.3 Å². The third-order valence-electron chi connectivity index (χ3n) is 5.06. The molecule has 128 valence electrons. The number of rotatable bonds is 3. The first kappa shape index (κ1) is 17.3. The summed E-state index contributed by atoms with van der Waals surface area (Å²) >= 11 is 1.56. The minimum Gasteiger partial charge on any atom is -0.342 e. The quantitative estimate of drug-likeness (QED) is 0.907. The molecule has 0 aromatic carbocycles. The molecule has 0 bridgehead atoms. The molecule has 3 unspecified atom stereocenters. The van der Waals surface area contributed by atoms with E-state index in [0.717, 1.165) is 42.2 Å². The summed E-state index contributed by atoms with van der Waals surface area (Å²) in [7, 11) is 0. The van der Waals surface area contributed by atoms with E-state index in [0.29, 0.717) is 18.3 Å². The van der Waals surface area contributed by atoms with Gasteiger partial charge in [-0.3, -0.25) is 9.78 Å². The number of likely N-dealkylation sites (tertiary alicyclic amines) is 1. The zero-order valence-electron chi connectivity index (χ0n) is 13.3. The number of aromatic nitrogens is 2. The topological polar surface area (TPSA) is 72.1 Å². The molecule has 1 amide bonds. The van der Waals surface area contributed by atoms with Crippen molar-refractivity contribution in [3.05, 3.63) is 35.6 Å². The first-order valence-corrected chi connectivity index (χ1v) is 8.97. The monoisotopic (exact) mass is 364 g/mol. The number of pyridine rings is 1. The van der Waals surface area contributed by atoms with Crippen LogP contribution in [0.25, 0.3) is 10.6 Å². The fourth-order valence-corrected chi connectivity index (χ4v) is 4.60. The number of fused-ring (bicyclic) bond motifs is 1. The summed E-state index contributed by atoms with van der Waals surface area (Å²) in [5.74, 6) is 1.28. The highest BCUT2D eigenvalue weighted by Gasteiger charge is 2.42. The zero-order chi connectivity index (χ0) is 15.8. The van der Waals surface area contributed by atoms with Crippen LogP contribution in [0, 0.1) is 11.8 Å². The third kappa shape index (κ3) is 3.31. The molecule has 4 rings (SSSR count). The summed E-state index contributed by atoms with van der Waals surface area (Å²) in [6, 6.07) is 4.16. The summed E-state index contributed by atoms with van der Waals surface area (Å²) in [6.45, 7) is 1.70. The molecule has 7 heteroatoms. The largest absolute Gasteiger partial charge is 0.342 e. The zero-order valence-corrected chi connectivity index (χ0v) is 14.9. The Bertz CT molecular complexity index is 708. The Balaban J connectivity index is 0.00000169. The van der Waals surface area contributed by atoms with Gasteiger partial charge in [0.2, 0.25) is 5.91 Å². The van der Waals surface area contributed by atoms with Gasteiger partial charge in [-0.05, 0) is 36.8 Å². The second-order valence-electron chi connectivity index (χ2n) is 6.53. The van der Waals surface area contributed by atoms with Crippen LogP contribution in [0.5, 0.6) is 0 Å². The van der Waals surface area contributed by atoms with E-state index in [2.05, 4.69) is 9.97 Å². The Hall–Kier alpha value is -1.50. The second-order valence-corrected chi connectivity index (χ2v) is 7.38. The lowest BCUT2D eigenvalue weighted by molar-refractivity contribution is -0.129. The third-order valence-corrected chi connectivity index (χ3v) is 6.00. The Labute approximate surface area is 151 Å². The summed E-state index contributed by atoms with van der Waals surface area (Å²) < 4.78 is 0. The standard InChI is InChI=1S/C17H20N4OS.ClH/c18-15-4-3-12-8-21(9-14(12)15)16(22)6-13-10-23-17(20-13)11-2-1-5-19-7-11;/h1-2,5,7,10,12,14-15H,3-4,6,8-9,18H2;1H. The lowest BCUT2D eigenvalue weighted by Gasteiger charge is -2.18. The van der Waals surface area contributed by atoms with Gasteiger partial charge in [0.15, 0.2) is 0 Å². The van der Waals surface area contributed by atoms with E-state index < -0.39 is 0 Å². The van der Waals surface area contributed by atoms with Gasteiger partial charge in [-0.25, -0.2) is 4.98 Å². The number of carbonyl (C=O) groups excluding carboxylic acids is 1. The highest BCUT2D eigenvalue weighted by atomic mass is 35.5. The molecular formula is C17H21ClN4OS. The van der Waals surface area contributed by atoms with Gasteiger partial charge >= 0.3 is 0 Å². The number of nitrogens with two attached hydrogens (primary N) is 1. The number of hydrogen-bond donors (Lipinski definition) is 1. The van der Waals surface area contributed by atoms with Gasteiger partial charge in [0.25, 0.3) is 0 Å². The van der Waals surface area contributed by atoms with E-state index in [-0.39, 0.29) is 24.4 Å². The van der Waals surface area contributed by atoms with Gasteiger partial charge in [0.1, 0.15) is 5.01 Å². The molecule has 2 aromatic rings. The van der Waals surface area contributed by atoms with Crippen molar-refractivity contribution in [1.29, 1.82) is 0 Å². The van der Waals surface area contributed by atoms with E-state index in [4.69, 9.17) is 5.73 Å². The maximum atomic E-state index is 12.5. The number of hydrogen-bond acceptors (Lipinski definition) is 5. The van der Waals surface area contributed by atoms with Crippen LogP contribution in [0.15, 0.2) is 29.9 Å². The van der Waals surface area contributed by atoms with Crippen molar-refractivity contribution in [2.75, 3.05) is 13.1 Å². The highest BCUT2D eigenvalue weighted by Crippen LogP contribution is 2.37. The van der Waals surface area contributed by atoms with Crippen LogP contribution in [0.1, 0.15) is 18.5 Å². The van der Waals surface area contributed by atoms with Crippen molar-refractivity contribution in [2.24, 2.45) is 17.6 Å². The summed E-state index contributed by atoms with van der Waals surface area (Å²) in [5, 5.41) is 2.89. The lowest BCUT2D eigenvalue weighted by atomic mass is 9.98. The normalized spacial score (nSPS) is 25.4. The van der Waals surface area contributed by atoms with Crippen molar-refractivity contribution in [3.63, 3.8) is 0 Å². The average Bonchev–Trinajstić information content (AvgIpc) is 3.26. The van der Waals surface area contributed by atoms with E-state index >= 15 is 0 Å². The number of carbonyl (C=O) groups is 1. The molecule has 2 fully saturated rings. The number of nitrogens with zero attached hydrogens (tertiary/aromatic N) is 3. The van der Waals surface area contributed by atoms with E-state index in [1.807, 2.05) is 22.4 Å². The van der Waals surface area contributed by atoms with E-state index in [1.165, 1.54) is 0 Å². The van der Waals surface area contributed by atoms with Gasteiger partial charge in [0.05, 0.1) is 12.1 Å². The molecule has 1 aliphatic carbocycles. The Morgan fingerprint density at radius 2 is 2.25 bits per heavy atom. The van der Waals surface area contributed by atoms with Crippen molar-refractivity contribution >= 4 is 29.7 Å². The predicted molar refractivity (Wildman–Crippen MR) is 97.1 cm³/mol. The van der Waals surface area contributed by atoms with Gasteiger partial charge < -0.3 is 10.6 Å². The Morgan fingerprint density at radius 3 is 3.00 bits per heavy atom. The average molecular weight is 365 g/mol. The molecule has 1 saturated carbocycles. The maximum absolute atomic E-state index is 12.5. The van der Waals surface area contributed by atoms with E-state index in [9.17, 15) is 4.79 Å². The molecule has 2 aliphatic rings.